The van der Waals surface area contributed by atoms with Crippen molar-refractivity contribution in [1.82, 2.24) is 4.90 Å². The maximum absolute atomic E-state index is 14.2. The highest BCUT2D eigenvalue weighted by Gasteiger charge is 2.53. The van der Waals surface area contributed by atoms with Crippen LogP contribution >= 0.6 is 0 Å². The molecule has 21 atom stereocenters. The number of cyclic esters (lactones) is 1. The first-order valence-electron chi connectivity index (χ1n) is 25.9. The van der Waals surface area contributed by atoms with Crippen molar-refractivity contribution in [1.29, 1.82) is 0 Å². The molecule has 418 valence electrons. The second-order valence-corrected chi connectivity index (χ2v) is 21.4. The third-order valence-corrected chi connectivity index (χ3v) is 14.5. The molecule has 3 N–H and O–H groups in total. The quantitative estimate of drug-likeness (QED) is 0.106. The summed E-state index contributed by atoms with van der Waals surface area (Å²) in [6.07, 6.45) is -8.67. The zero-order valence-electron chi connectivity index (χ0n) is 45.7. The maximum atomic E-state index is 14.2. The van der Waals surface area contributed by atoms with Gasteiger partial charge in [0.15, 0.2) is 30.8 Å². The predicted octanol–water partition coefficient (Wildman–Crippen LogP) is 4.00. The number of methoxy groups -OCH3 is 2. The van der Waals surface area contributed by atoms with Crippen LogP contribution in [0.2, 0.25) is 0 Å². The minimum absolute atomic E-state index is 0.0378. The van der Waals surface area contributed by atoms with E-state index >= 15 is 0 Å². The monoisotopic (exact) mass is 1040 g/mol. The van der Waals surface area contributed by atoms with Crippen LogP contribution < -0.4 is 0 Å². The zero-order chi connectivity index (χ0) is 54.6. The van der Waals surface area contributed by atoms with Crippen LogP contribution in [0.25, 0.3) is 0 Å². The molecule has 4 rings (SSSR count). The first kappa shape index (κ1) is 62.3. The van der Waals surface area contributed by atoms with Gasteiger partial charge in [0.05, 0.1) is 43.5 Å². The number of aliphatic hydroxyl groups excluding tert-OH is 2. The summed E-state index contributed by atoms with van der Waals surface area (Å²) in [4.78, 5) is 67.9. The van der Waals surface area contributed by atoms with Crippen molar-refractivity contribution in [2.45, 2.75) is 218 Å². The van der Waals surface area contributed by atoms with E-state index in [2.05, 4.69) is 0 Å². The summed E-state index contributed by atoms with van der Waals surface area (Å²) >= 11 is 0. The van der Waals surface area contributed by atoms with Gasteiger partial charge in [0.1, 0.15) is 54.6 Å². The molecule has 0 bridgehead atoms. The molecule has 4 heterocycles. The Hall–Kier alpha value is -3.25. The first-order valence-corrected chi connectivity index (χ1v) is 25.9. The first-order chi connectivity index (χ1) is 34.3. The van der Waals surface area contributed by atoms with E-state index in [9.17, 15) is 39.3 Å². The molecule has 20 nitrogen and oxygen atoms in total. The predicted molar refractivity (Wildman–Crippen MR) is 263 cm³/mol. The fraction of sp³-hybridized carbons (Fsp3) is 0.830. The largest absolute Gasteiger partial charge is 0.462 e. The molecule has 0 aliphatic carbocycles. The van der Waals surface area contributed by atoms with Crippen LogP contribution in [0, 0.1) is 29.6 Å². The van der Waals surface area contributed by atoms with Gasteiger partial charge in [0.2, 0.25) is 0 Å². The highest BCUT2D eigenvalue weighted by Crippen LogP contribution is 2.39. The minimum Gasteiger partial charge on any atom is -0.462 e. The average molecular weight is 1040 g/mol. The molecule has 0 amide bonds. The van der Waals surface area contributed by atoms with Crippen molar-refractivity contribution in [3.63, 3.8) is 0 Å². The Kier molecular flexibility index (Phi) is 24.1. The number of ketones is 1. The van der Waals surface area contributed by atoms with Gasteiger partial charge in [-0.25, -0.2) is 0 Å². The standard InChI is InChI=1S/C53H87NO19/c1-16-38-36(26-65-52-49(64-15)48(63-14)44(60)31(7)67-52)22-28(4)17-18-37(57)29(5)23-35(19-20-55)46(30(6)39(69-34(10)56)24-41(59)70-38)73-51-45(61)43(54(12)13)47(32(8)68-51)72-42-25-53(11,62)50(33(9)66-42)71-40(58)21-27(2)3/h17-18,20,22,27,29-33,35-36,38-39,42-52,60-62H,16,19,21,23-26H2,1-15H3/b18-17-,28-22+/t29-,30+,31-,32-,33+,35+,36-,38?,39?,42+,43-,44-,45-,46?,47-,48-,49-,50+,51+,52-,53-/m1/s1. The lowest BCUT2D eigenvalue weighted by molar-refractivity contribution is -0.342. The Morgan fingerprint density at radius 2 is 1.55 bits per heavy atom. The highest BCUT2D eigenvalue weighted by molar-refractivity contribution is 5.91. The summed E-state index contributed by atoms with van der Waals surface area (Å²) in [6, 6.07) is -0.809. The number of aldehydes is 1. The molecule has 3 fully saturated rings. The number of hydrogen-bond acceptors (Lipinski definition) is 20. The van der Waals surface area contributed by atoms with Crippen LogP contribution in [0.15, 0.2) is 23.8 Å². The number of aliphatic hydroxyl groups is 3. The summed E-state index contributed by atoms with van der Waals surface area (Å²) in [5, 5.41) is 34.6. The van der Waals surface area contributed by atoms with E-state index in [0.29, 0.717) is 18.3 Å². The molecule has 0 spiro atoms. The third-order valence-electron chi connectivity index (χ3n) is 14.5. The van der Waals surface area contributed by atoms with Gasteiger partial charge in [-0.3, -0.25) is 19.2 Å². The van der Waals surface area contributed by atoms with Crippen LogP contribution in [-0.2, 0) is 76.1 Å². The van der Waals surface area contributed by atoms with Crippen molar-refractivity contribution in [2.75, 3.05) is 34.9 Å². The van der Waals surface area contributed by atoms with Crippen LogP contribution in [0.4, 0.5) is 0 Å². The molecule has 0 aromatic heterocycles. The summed E-state index contributed by atoms with van der Waals surface area (Å²) in [5.41, 5.74) is -0.865. The summed E-state index contributed by atoms with van der Waals surface area (Å²) in [5.74, 6) is -4.87. The molecular formula is C53H87NO19. The van der Waals surface area contributed by atoms with Gasteiger partial charge >= 0.3 is 17.9 Å². The summed E-state index contributed by atoms with van der Waals surface area (Å²) < 4.78 is 67.2. The number of carbonyl (C=O) groups is 5. The normalized spacial score (nSPS) is 41.6. The fourth-order valence-corrected chi connectivity index (χ4v) is 10.6. The van der Waals surface area contributed by atoms with Crippen molar-refractivity contribution >= 4 is 30.0 Å². The lowest BCUT2D eigenvalue weighted by Gasteiger charge is -2.50. The van der Waals surface area contributed by atoms with E-state index in [4.69, 9.17) is 52.1 Å². The van der Waals surface area contributed by atoms with Gasteiger partial charge in [-0.2, -0.15) is 0 Å². The molecule has 0 saturated carbocycles. The van der Waals surface area contributed by atoms with E-state index in [-0.39, 0.29) is 44.0 Å². The number of allylic oxidation sites excluding steroid dienone is 3. The van der Waals surface area contributed by atoms with E-state index in [1.54, 1.807) is 73.5 Å². The van der Waals surface area contributed by atoms with E-state index < -0.39 is 152 Å². The fourth-order valence-electron chi connectivity index (χ4n) is 10.6. The number of hydrogen-bond donors (Lipinski definition) is 3. The van der Waals surface area contributed by atoms with Gasteiger partial charge in [-0.1, -0.05) is 52.3 Å². The average Bonchev–Trinajstić information content (AvgIpc) is 3.29. The minimum atomic E-state index is -1.53. The number of rotatable bonds is 17. The van der Waals surface area contributed by atoms with E-state index in [1.165, 1.54) is 27.2 Å². The summed E-state index contributed by atoms with van der Waals surface area (Å²) in [6.45, 7) is 18.7. The topological polar surface area (TPSA) is 251 Å². The Balaban J connectivity index is 1.66. The van der Waals surface area contributed by atoms with Gasteiger partial charge in [0, 0.05) is 58.2 Å². The van der Waals surface area contributed by atoms with Gasteiger partial charge in [-0.15, -0.1) is 0 Å². The Labute approximate surface area is 432 Å². The van der Waals surface area contributed by atoms with Gasteiger partial charge < -0.3 is 77.1 Å². The van der Waals surface area contributed by atoms with Crippen LogP contribution in [-0.4, -0.2) is 189 Å². The molecule has 20 heteroatoms. The number of ether oxygens (including phenoxy) is 11. The number of likely N-dealkylation sites (N-methyl/N-ethyl adjacent to an activating group) is 1. The SMILES string of the molecule is CCC1OC(=O)CC(OC(C)=O)[C@H](C)C(O[C@@H]2O[C@H](C)[C@@H](O[C@H]3C[C@@](C)(O)[C@@H](OC(=O)CC(C)C)[C@H](C)O3)[C@H](N(C)C)[C@H]2O)[C@@H](CC=O)C[C@@H](C)C(=O)/C=C\C(C)=C\[C@@H]1CO[C@@H]1O[C@H](C)[C@@H](O)[C@@H](OC)[C@H]1OC. The highest BCUT2D eigenvalue weighted by atomic mass is 16.7. The second-order valence-electron chi connectivity index (χ2n) is 21.4. The molecule has 3 unspecified atom stereocenters. The van der Waals surface area contributed by atoms with Gasteiger partial charge in [0.25, 0.3) is 0 Å². The molecular weight excluding hydrogens is 955 g/mol. The number of nitrogens with zero attached hydrogens (tertiary/aromatic N) is 1. The molecule has 3 saturated heterocycles. The van der Waals surface area contributed by atoms with Gasteiger partial charge in [-0.05, 0) is 79.5 Å². The lowest BCUT2D eigenvalue weighted by Crippen LogP contribution is -2.65. The van der Waals surface area contributed by atoms with Crippen LogP contribution in [0.5, 0.6) is 0 Å². The third kappa shape index (κ3) is 16.9. The smallest absolute Gasteiger partial charge is 0.309 e. The van der Waals surface area contributed by atoms with E-state index in [0.717, 1.165) is 0 Å². The van der Waals surface area contributed by atoms with Crippen molar-refractivity contribution in [3.8, 4) is 0 Å². The zero-order valence-corrected chi connectivity index (χ0v) is 45.7. The van der Waals surface area contributed by atoms with Crippen molar-refractivity contribution in [3.05, 3.63) is 23.8 Å². The lowest BCUT2D eigenvalue weighted by atomic mass is 9.79. The van der Waals surface area contributed by atoms with Crippen LogP contribution in [0.1, 0.15) is 115 Å². The second kappa shape index (κ2) is 28.2. The Morgan fingerprint density at radius 1 is 0.890 bits per heavy atom. The van der Waals surface area contributed by atoms with Crippen LogP contribution in [0.3, 0.4) is 0 Å². The van der Waals surface area contributed by atoms with Crippen molar-refractivity contribution in [2.24, 2.45) is 29.6 Å². The Morgan fingerprint density at radius 3 is 2.12 bits per heavy atom. The molecule has 4 aliphatic rings. The van der Waals surface area contributed by atoms with E-state index in [1.807, 2.05) is 26.8 Å². The maximum Gasteiger partial charge on any atom is 0.309 e. The molecule has 0 radical (unpaired) electrons. The number of esters is 3. The molecule has 73 heavy (non-hydrogen) atoms. The molecule has 0 aromatic rings. The number of carbonyl (C=O) groups excluding carboxylic acids is 5. The molecule has 4 aliphatic heterocycles. The molecule has 0 aromatic carbocycles. The van der Waals surface area contributed by atoms with Crippen molar-refractivity contribution < 1.29 is 91.4 Å². The summed E-state index contributed by atoms with van der Waals surface area (Å²) in [7, 11) is 6.41. The Bertz CT molecular complexity index is 1860.